The second-order valence-electron chi connectivity index (χ2n) is 3.38. The molecule has 1 aromatic heterocycles. The van der Waals surface area contributed by atoms with Crippen LogP contribution in [0.4, 0.5) is 5.69 Å². The maximum absolute atomic E-state index is 5.46. The Morgan fingerprint density at radius 3 is 3.15 bits per heavy atom. The highest BCUT2D eigenvalue weighted by atomic mass is 16.5. The maximum atomic E-state index is 5.46. The van der Waals surface area contributed by atoms with Crippen LogP contribution in [0.5, 0.6) is 0 Å². The fraction of sp³-hybridized carbons (Fsp3) is 0.667. The number of rotatable bonds is 4. The first-order valence-electron chi connectivity index (χ1n) is 4.75. The van der Waals surface area contributed by atoms with Gasteiger partial charge < -0.3 is 10.1 Å². The number of aromatic nitrogens is 2. The summed E-state index contributed by atoms with van der Waals surface area (Å²) in [5.41, 5.74) is 1.07. The zero-order chi connectivity index (χ0) is 9.10. The van der Waals surface area contributed by atoms with Crippen LogP contribution in [0.25, 0.3) is 0 Å². The van der Waals surface area contributed by atoms with Gasteiger partial charge in [-0.25, -0.2) is 0 Å². The summed E-state index contributed by atoms with van der Waals surface area (Å²) in [6.45, 7) is 2.86. The summed E-state index contributed by atoms with van der Waals surface area (Å²) in [6.07, 6.45) is 6.36. The Kier molecular flexibility index (Phi) is 2.49. The van der Waals surface area contributed by atoms with Gasteiger partial charge in [-0.3, -0.25) is 5.10 Å². The van der Waals surface area contributed by atoms with E-state index in [0.29, 0.717) is 12.1 Å². The van der Waals surface area contributed by atoms with Gasteiger partial charge in [-0.05, 0) is 19.8 Å². The predicted octanol–water partition coefficient (Wildman–Crippen LogP) is 1.39. The molecular weight excluding hydrogens is 166 g/mol. The number of ether oxygens (including phenoxy) is 1. The fourth-order valence-corrected chi connectivity index (χ4v) is 1.62. The number of nitrogens with zero attached hydrogens (tertiary/aromatic N) is 1. The van der Waals surface area contributed by atoms with Crippen LogP contribution in [0.2, 0.25) is 0 Å². The van der Waals surface area contributed by atoms with E-state index in [-0.39, 0.29) is 0 Å². The predicted molar refractivity (Wildman–Crippen MR) is 50.6 cm³/mol. The van der Waals surface area contributed by atoms with Gasteiger partial charge in [0.1, 0.15) is 0 Å². The normalized spacial score (nSPS) is 26.8. The van der Waals surface area contributed by atoms with E-state index >= 15 is 0 Å². The van der Waals surface area contributed by atoms with Crippen molar-refractivity contribution in [3.05, 3.63) is 12.4 Å². The Balaban J connectivity index is 1.70. The summed E-state index contributed by atoms with van der Waals surface area (Å²) in [4.78, 5) is 0. The quantitative estimate of drug-likeness (QED) is 0.738. The van der Waals surface area contributed by atoms with E-state index in [0.717, 1.165) is 25.1 Å². The first-order chi connectivity index (χ1) is 6.38. The lowest BCUT2D eigenvalue weighted by Gasteiger charge is -2.35. The fourth-order valence-electron chi connectivity index (χ4n) is 1.62. The third-order valence-corrected chi connectivity index (χ3v) is 2.37. The van der Waals surface area contributed by atoms with E-state index < -0.39 is 0 Å². The first kappa shape index (κ1) is 8.56. The average Bonchev–Trinajstić information content (AvgIpc) is 2.53. The summed E-state index contributed by atoms with van der Waals surface area (Å²) in [5.74, 6) is 0. The van der Waals surface area contributed by atoms with Crippen LogP contribution in [0.15, 0.2) is 12.4 Å². The monoisotopic (exact) mass is 181 g/mol. The molecule has 0 bridgehead atoms. The van der Waals surface area contributed by atoms with Crippen LogP contribution in [0, 0.1) is 0 Å². The molecule has 2 N–H and O–H groups in total. The Morgan fingerprint density at radius 2 is 2.54 bits per heavy atom. The van der Waals surface area contributed by atoms with Crippen LogP contribution in [-0.4, -0.2) is 29.0 Å². The number of aromatic amines is 1. The molecule has 2 rings (SSSR count). The van der Waals surface area contributed by atoms with Gasteiger partial charge in [-0.2, -0.15) is 5.10 Å². The lowest BCUT2D eigenvalue weighted by molar-refractivity contribution is 0.00299. The topological polar surface area (TPSA) is 49.9 Å². The van der Waals surface area contributed by atoms with Crippen molar-refractivity contribution in [2.75, 3.05) is 11.9 Å². The second-order valence-corrected chi connectivity index (χ2v) is 3.38. The summed E-state index contributed by atoms with van der Waals surface area (Å²) >= 11 is 0. The van der Waals surface area contributed by atoms with Crippen molar-refractivity contribution in [2.24, 2.45) is 0 Å². The molecule has 0 spiro atoms. The van der Waals surface area contributed by atoms with Crippen LogP contribution >= 0.6 is 0 Å². The van der Waals surface area contributed by atoms with E-state index in [2.05, 4.69) is 15.5 Å². The lowest BCUT2D eigenvalue weighted by Crippen LogP contribution is -2.40. The summed E-state index contributed by atoms with van der Waals surface area (Å²) in [5, 5.41) is 10.0. The number of H-pyrrole nitrogens is 1. The Labute approximate surface area is 77.7 Å². The number of anilines is 1. The minimum absolute atomic E-state index is 0.467. The maximum Gasteiger partial charge on any atom is 0.0725 e. The molecule has 1 saturated carbocycles. The molecule has 13 heavy (non-hydrogen) atoms. The second kappa shape index (κ2) is 3.79. The van der Waals surface area contributed by atoms with Gasteiger partial charge in [0.2, 0.25) is 0 Å². The van der Waals surface area contributed by atoms with Gasteiger partial charge in [0.25, 0.3) is 0 Å². The molecule has 0 unspecified atom stereocenters. The van der Waals surface area contributed by atoms with Crippen molar-refractivity contribution in [2.45, 2.75) is 31.9 Å². The van der Waals surface area contributed by atoms with E-state index in [4.69, 9.17) is 4.74 Å². The first-order valence-corrected chi connectivity index (χ1v) is 4.75. The van der Waals surface area contributed by atoms with Crippen molar-refractivity contribution in [3.8, 4) is 0 Å². The molecule has 0 saturated heterocycles. The third-order valence-electron chi connectivity index (χ3n) is 2.37. The molecule has 0 radical (unpaired) electrons. The van der Waals surface area contributed by atoms with Gasteiger partial charge in [-0.1, -0.05) is 0 Å². The van der Waals surface area contributed by atoms with Crippen LogP contribution in [0.3, 0.4) is 0 Å². The molecular formula is C9H15N3O. The van der Waals surface area contributed by atoms with Crippen molar-refractivity contribution >= 4 is 5.69 Å². The molecule has 4 nitrogen and oxygen atoms in total. The molecule has 0 amide bonds. The highest BCUT2D eigenvalue weighted by Gasteiger charge is 2.29. The van der Waals surface area contributed by atoms with E-state index in [9.17, 15) is 0 Å². The standard InChI is InChI=1S/C9H15N3O/c1-2-13-9-3-7(4-9)12-8-5-10-11-6-8/h5-7,9,12H,2-4H2,1H3,(H,10,11). The number of hydrogen-bond donors (Lipinski definition) is 2. The number of hydrogen-bond acceptors (Lipinski definition) is 3. The summed E-state index contributed by atoms with van der Waals surface area (Å²) in [7, 11) is 0. The Bertz CT molecular complexity index is 241. The van der Waals surface area contributed by atoms with Crippen LogP contribution in [-0.2, 0) is 4.74 Å². The van der Waals surface area contributed by atoms with Gasteiger partial charge in [-0.15, -0.1) is 0 Å². The Morgan fingerprint density at radius 1 is 1.69 bits per heavy atom. The Hall–Kier alpha value is -1.03. The van der Waals surface area contributed by atoms with Crippen LogP contribution in [0.1, 0.15) is 19.8 Å². The van der Waals surface area contributed by atoms with Crippen LogP contribution < -0.4 is 5.32 Å². The zero-order valence-corrected chi connectivity index (χ0v) is 7.79. The summed E-state index contributed by atoms with van der Waals surface area (Å²) < 4.78 is 5.46. The van der Waals surface area contributed by atoms with Gasteiger partial charge in [0.15, 0.2) is 0 Å². The highest BCUT2D eigenvalue weighted by Crippen LogP contribution is 2.26. The van der Waals surface area contributed by atoms with Crippen molar-refractivity contribution in [1.29, 1.82) is 0 Å². The molecule has 72 valence electrons. The molecule has 4 heteroatoms. The summed E-state index contributed by atoms with van der Waals surface area (Å²) in [6, 6.07) is 0.564. The zero-order valence-electron chi connectivity index (χ0n) is 7.79. The van der Waals surface area contributed by atoms with Crippen molar-refractivity contribution in [3.63, 3.8) is 0 Å². The smallest absolute Gasteiger partial charge is 0.0725 e. The minimum atomic E-state index is 0.467. The van der Waals surface area contributed by atoms with Gasteiger partial charge in [0, 0.05) is 18.8 Å². The molecule has 0 aliphatic heterocycles. The molecule has 1 aliphatic rings. The highest BCUT2D eigenvalue weighted by molar-refractivity contribution is 5.39. The lowest BCUT2D eigenvalue weighted by atomic mass is 9.89. The van der Waals surface area contributed by atoms with E-state index in [1.54, 1.807) is 6.20 Å². The SMILES string of the molecule is CCOC1CC(Nc2cn[nH]c2)C1. The third kappa shape index (κ3) is 2.01. The molecule has 1 aliphatic carbocycles. The van der Waals surface area contributed by atoms with E-state index in [1.165, 1.54) is 0 Å². The van der Waals surface area contributed by atoms with Crippen molar-refractivity contribution in [1.82, 2.24) is 10.2 Å². The molecule has 1 heterocycles. The number of nitrogens with one attached hydrogen (secondary N) is 2. The molecule has 1 fully saturated rings. The molecule has 0 aromatic carbocycles. The average molecular weight is 181 g/mol. The van der Waals surface area contributed by atoms with Gasteiger partial charge >= 0.3 is 0 Å². The van der Waals surface area contributed by atoms with Gasteiger partial charge in [0.05, 0.1) is 18.0 Å². The van der Waals surface area contributed by atoms with E-state index in [1.807, 2.05) is 13.1 Å². The molecule has 1 aromatic rings. The largest absolute Gasteiger partial charge is 0.380 e. The minimum Gasteiger partial charge on any atom is -0.380 e. The van der Waals surface area contributed by atoms with Crippen molar-refractivity contribution < 1.29 is 4.74 Å². The molecule has 0 atom stereocenters.